The molecular weight excluding hydrogens is 398 g/mol. The number of rotatable bonds is 11. The van der Waals surface area contributed by atoms with Crippen LogP contribution in [0, 0.1) is 18.8 Å². The van der Waals surface area contributed by atoms with E-state index in [0.29, 0.717) is 31.4 Å². The van der Waals surface area contributed by atoms with Crippen molar-refractivity contribution in [2.45, 2.75) is 51.2 Å². The number of carbonyl (C=O) groups is 1. The Kier molecular flexibility index (Phi) is 10.3. The molecule has 0 radical (unpaired) electrons. The Labute approximate surface area is 183 Å². The number of benzene rings is 1. The number of para-hydroxylation sites is 1. The molecule has 7 heteroatoms. The number of nitrogens with zero attached hydrogens (tertiary/aromatic N) is 1. The van der Waals surface area contributed by atoms with Crippen LogP contribution in [0.25, 0.3) is 0 Å². The molecule has 1 aliphatic rings. The number of carbonyl (C=O) groups excluding carboxylic acids is 1. The summed E-state index contributed by atoms with van der Waals surface area (Å²) in [5, 5.41) is 33.4. The van der Waals surface area contributed by atoms with Crippen molar-refractivity contribution in [1.29, 1.82) is 0 Å². The fourth-order valence-electron chi connectivity index (χ4n) is 3.69. The molecule has 0 amide bonds. The highest BCUT2D eigenvalue weighted by Crippen LogP contribution is 2.34. The lowest BCUT2D eigenvalue weighted by atomic mass is 9.90. The first kappa shape index (κ1) is 24.6. The SMILES string of the molecule is COC(=O)CCC/C=C\C[C@H]1[C@@H](O)C/C(=N/O)[C@@H]1/C=C/[C@@H](O)COc1ccccc1C. The molecule has 170 valence electrons. The van der Waals surface area contributed by atoms with Crippen LogP contribution in [0.4, 0.5) is 0 Å². The molecule has 0 aromatic heterocycles. The number of aliphatic hydroxyl groups excluding tert-OH is 2. The molecule has 1 aromatic rings. The average molecular weight is 432 g/mol. The van der Waals surface area contributed by atoms with Gasteiger partial charge in [0.15, 0.2) is 0 Å². The summed E-state index contributed by atoms with van der Waals surface area (Å²) in [6, 6.07) is 7.59. The number of hydrogen-bond acceptors (Lipinski definition) is 7. The number of methoxy groups -OCH3 is 1. The Hall–Kier alpha value is -2.64. The summed E-state index contributed by atoms with van der Waals surface area (Å²) < 4.78 is 10.3. The normalized spacial score (nSPS) is 23.6. The molecule has 0 unspecified atom stereocenters. The molecule has 7 nitrogen and oxygen atoms in total. The minimum Gasteiger partial charge on any atom is -0.490 e. The van der Waals surface area contributed by atoms with Gasteiger partial charge in [-0.3, -0.25) is 4.79 Å². The minimum absolute atomic E-state index is 0.104. The van der Waals surface area contributed by atoms with Gasteiger partial charge in [0.05, 0.1) is 18.9 Å². The molecule has 1 aliphatic carbocycles. The molecule has 3 N–H and O–H groups in total. The minimum atomic E-state index is -0.827. The summed E-state index contributed by atoms with van der Waals surface area (Å²) in [6.07, 6.45) is 8.64. The molecule has 1 fully saturated rings. The zero-order valence-electron chi connectivity index (χ0n) is 18.2. The zero-order valence-corrected chi connectivity index (χ0v) is 18.2. The summed E-state index contributed by atoms with van der Waals surface area (Å²) in [5.41, 5.74) is 1.49. The maximum Gasteiger partial charge on any atom is 0.305 e. The molecule has 0 aliphatic heterocycles. The number of hydrogen-bond donors (Lipinski definition) is 3. The number of ether oxygens (including phenoxy) is 2. The summed E-state index contributed by atoms with van der Waals surface area (Å²) in [4.78, 5) is 11.1. The Bertz CT molecular complexity index is 788. The Morgan fingerprint density at radius 3 is 2.81 bits per heavy atom. The first-order valence-corrected chi connectivity index (χ1v) is 10.6. The summed E-state index contributed by atoms with van der Waals surface area (Å²) in [6.45, 7) is 2.04. The highest BCUT2D eigenvalue weighted by Gasteiger charge is 2.38. The van der Waals surface area contributed by atoms with Gasteiger partial charge in [-0.25, -0.2) is 0 Å². The third-order valence-electron chi connectivity index (χ3n) is 5.49. The molecule has 0 bridgehead atoms. The second kappa shape index (κ2) is 12.9. The standard InChI is InChI=1S/C24H33NO6/c1-17-9-7-8-11-23(17)31-16-18(26)13-14-19-20(22(27)15-21(19)25-29)10-5-3-4-6-12-24(28)30-2/h3,5,7-9,11,13-14,18-20,22,26-27,29H,4,6,10,12,15-16H2,1-2H3/b5-3-,14-13+,25-21-/t18-,19-,20-,22+/m1/s1. The van der Waals surface area contributed by atoms with Crippen molar-refractivity contribution in [2.75, 3.05) is 13.7 Å². The largest absolute Gasteiger partial charge is 0.490 e. The Morgan fingerprint density at radius 2 is 2.10 bits per heavy atom. The van der Waals surface area contributed by atoms with Gasteiger partial charge in [0, 0.05) is 24.7 Å². The van der Waals surface area contributed by atoms with E-state index in [9.17, 15) is 20.2 Å². The fourth-order valence-corrected chi connectivity index (χ4v) is 3.69. The van der Waals surface area contributed by atoms with E-state index in [-0.39, 0.29) is 24.4 Å². The van der Waals surface area contributed by atoms with Crippen molar-refractivity contribution in [3.8, 4) is 5.75 Å². The predicted molar refractivity (Wildman–Crippen MR) is 118 cm³/mol. The zero-order chi connectivity index (χ0) is 22.6. The molecular formula is C24H33NO6. The van der Waals surface area contributed by atoms with Crippen LogP contribution in [0.1, 0.15) is 37.7 Å². The van der Waals surface area contributed by atoms with Gasteiger partial charge in [-0.15, -0.1) is 0 Å². The van der Waals surface area contributed by atoms with Crippen LogP contribution in [0.5, 0.6) is 5.75 Å². The number of unbranched alkanes of at least 4 members (excludes halogenated alkanes) is 1. The van der Waals surface area contributed by atoms with Crippen LogP contribution < -0.4 is 4.74 Å². The maximum absolute atomic E-state index is 11.1. The molecule has 0 saturated heterocycles. The van der Waals surface area contributed by atoms with Crippen LogP contribution in [0.3, 0.4) is 0 Å². The van der Waals surface area contributed by atoms with E-state index in [1.165, 1.54) is 7.11 Å². The average Bonchev–Trinajstić information content (AvgIpc) is 3.08. The van der Waals surface area contributed by atoms with E-state index < -0.39 is 12.2 Å². The second-order valence-electron chi connectivity index (χ2n) is 7.76. The highest BCUT2D eigenvalue weighted by molar-refractivity contribution is 5.90. The number of aryl methyl sites for hydroxylation is 1. The van der Waals surface area contributed by atoms with Crippen molar-refractivity contribution >= 4 is 11.7 Å². The maximum atomic E-state index is 11.1. The third-order valence-corrected chi connectivity index (χ3v) is 5.49. The van der Waals surface area contributed by atoms with Crippen LogP contribution in [0.2, 0.25) is 0 Å². The summed E-state index contributed by atoms with van der Waals surface area (Å²) in [7, 11) is 1.37. The van der Waals surface area contributed by atoms with Crippen molar-refractivity contribution in [3.63, 3.8) is 0 Å². The van der Waals surface area contributed by atoms with E-state index in [1.54, 1.807) is 12.2 Å². The lowest BCUT2D eigenvalue weighted by molar-refractivity contribution is -0.140. The van der Waals surface area contributed by atoms with Gasteiger partial charge in [-0.05, 0) is 37.8 Å². The van der Waals surface area contributed by atoms with E-state index in [1.807, 2.05) is 43.3 Å². The number of esters is 1. The second-order valence-corrected chi connectivity index (χ2v) is 7.76. The number of allylic oxidation sites excluding steroid dienone is 3. The molecule has 1 saturated carbocycles. The summed E-state index contributed by atoms with van der Waals surface area (Å²) in [5.74, 6) is 0.0777. The Balaban J connectivity index is 1.89. The van der Waals surface area contributed by atoms with Crippen molar-refractivity contribution in [1.82, 2.24) is 0 Å². The van der Waals surface area contributed by atoms with Gasteiger partial charge in [-0.2, -0.15) is 0 Å². The fraction of sp³-hybridized carbons (Fsp3) is 0.500. The highest BCUT2D eigenvalue weighted by atomic mass is 16.5. The smallest absolute Gasteiger partial charge is 0.305 e. The molecule has 0 spiro atoms. The molecule has 31 heavy (non-hydrogen) atoms. The van der Waals surface area contributed by atoms with Gasteiger partial charge in [0.2, 0.25) is 0 Å². The lowest BCUT2D eigenvalue weighted by Crippen LogP contribution is -2.20. The van der Waals surface area contributed by atoms with Gasteiger partial charge in [0.25, 0.3) is 0 Å². The quantitative estimate of drug-likeness (QED) is 0.163. The number of oxime groups is 1. The van der Waals surface area contributed by atoms with Crippen molar-refractivity contribution in [3.05, 3.63) is 54.1 Å². The van der Waals surface area contributed by atoms with Gasteiger partial charge in [0.1, 0.15) is 18.5 Å². The molecule has 1 aromatic carbocycles. The predicted octanol–water partition coefficient (Wildman–Crippen LogP) is 3.41. The lowest BCUT2D eigenvalue weighted by Gasteiger charge is -2.18. The van der Waals surface area contributed by atoms with E-state index in [0.717, 1.165) is 17.7 Å². The van der Waals surface area contributed by atoms with E-state index in [2.05, 4.69) is 9.89 Å². The molecule has 0 heterocycles. The third kappa shape index (κ3) is 7.84. The van der Waals surface area contributed by atoms with E-state index in [4.69, 9.17) is 4.74 Å². The van der Waals surface area contributed by atoms with Crippen LogP contribution in [0.15, 0.2) is 53.7 Å². The first-order chi connectivity index (χ1) is 15.0. The monoisotopic (exact) mass is 431 g/mol. The van der Waals surface area contributed by atoms with Crippen molar-refractivity contribution < 1.29 is 29.7 Å². The van der Waals surface area contributed by atoms with Gasteiger partial charge >= 0.3 is 5.97 Å². The number of aliphatic hydroxyl groups is 2. The molecule has 2 rings (SSSR count). The van der Waals surface area contributed by atoms with Gasteiger partial charge < -0.3 is 24.9 Å². The van der Waals surface area contributed by atoms with Crippen molar-refractivity contribution in [2.24, 2.45) is 17.0 Å². The first-order valence-electron chi connectivity index (χ1n) is 10.6. The van der Waals surface area contributed by atoms with Crippen LogP contribution in [-0.4, -0.2) is 53.0 Å². The topological polar surface area (TPSA) is 109 Å². The van der Waals surface area contributed by atoms with Crippen LogP contribution >= 0.6 is 0 Å². The molecule has 4 atom stereocenters. The van der Waals surface area contributed by atoms with Gasteiger partial charge in [-0.1, -0.05) is 47.7 Å². The summed E-state index contributed by atoms with van der Waals surface area (Å²) >= 11 is 0. The van der Waals surface area contributed by atoms with E-state index >= 15 is 0 Å². The Morgan fingerprint density at radius 1 is 1.32 bits per heavy atom. The van der Waals surface area contributed by atoms with Crippen LogP contribution in [-0.2, 0) is 9.53 Å².